The van der Waals surface area contributed by atoms with Crippen molar-refractivity contribution in [3.8, 4) is 0 Å². The van der Waals surface area contributed by atoms with Crippen molar-refractivity contribution >= 4 is 5.91 Å². The molecule has 1 aromatic rings. The Kier molecular flexibility index (Phi) is 5.30. The van der Waals surface area contributed by atoms with Crippen molar-refractivity contribution < 1.29 is 9.90 Å². The van der Waals surface area contributed by atoms with Crippen molar-refractivity contribution in [1.82, 2.24) is 15.1 Å². The fourth-order valence-corrected chi connectivity index (χ4v) is 1.66. The summed E-state index contributed by atoms with van der Waals surface area (Å²) in [5, 5.41) is 15.8. The Labute approximate surface area is 107 Å². The SMILES string of the molecule is Cc1nn(CCCNC(=O)[C@@H](N)CO)c(C)c1C. The fourth-order valence-electron chi connectivity index (χ4n) is 1.66. The van der Waals surface area contributed by atoms with Gasteiger partial charge in [0.25, 0.3) is 0 Å². The molecule has 0 saturated carbocycles. The minimum absolute atomic E-state index is 0.318. The lowest BCUT2D eigenvalue weighted by atomic mass is 10.2. The molecule has 0 unspecified atom stereocenters. The number of carbonyl (C=O) groups is 1. The van der Waals surface area contributed by atoms with Gasteiger partial charge in [0.05, 0.1) is 12.3 Å². The van der Waals surface area contributed by atoms with Crippen LogP contribution in [0.3, 0.4) is 0 Å². The smallest absolute Gasteiger partial charge is 0.239 e. The van der Waals surface area contributed by atoms with Gasteiger partial charge in [-0.1, -0.05) is 0 Å². The zero-order chi connectivity index (χ0) is 13.7. The summed E-state index contributed by atoms with van der Waals surface area (Å²) in [6.45, 7) is 7.04. The zero-order valence-electron chi connectivity index (χ0n) is 11.2. The van der Waals surface area contributed by atoms with Crippen molar-refractivity contribution in [1.29, 1.82) is 0 Å². The van der Waals surface area contributed by atoms with Gasteiger partial charge in [0.15, 0.2) is 0 Å². The summed E-state index contributed by atoms with van der Waals surface area (Å²) in [6.07, 6.45) is 0.783. The number of hydrogen-bond donors (Lipinski definition) is 3. The maximum absolute atomic E-state index is 11.3. The second kappa shape index (κ2) is 6.51. The molecule has 0 radical (unpaired) electrons. The highest BCUT2D eigenvalue weighted by atomic mass is 16.3. The molecule has 0 fully saturated rings. The van der Waals surface area contributed by atoms with Gasteiger partial charge in [-0.3, -0.25) is 9.48 Å². The van der Waals surface area contributed by atoms with Gasteiger partial charge in [0.2, 0.25) is 5.91 Å². The summed E-state index contributed by atoms with van der Waals surface area (Å²) < 4.78 is 1.95. The molecule has 0 aliphatic heterocycles. The Hall–Kier alpha value is -1.40. The molecule has 0 bridgehead atoms. The van der Waals surface area contributed by atoms with Crippen LogP contribution in [0.2, 0.25) is 0 Å². The van der Waals surface area contributed by atoms with E-state index in [0.29, 0.717) is 6.54 Å². The van der Waals surface area contributed by atoms with Gasteiger partial charge in [-0.15, -0.1) is 0 Å². The van der Waals surface area contributed by atoms with E-state index in [0.717, 1.165) is 24.4 Å². The zero-order valence-corrected chi connectivity index (χ0v) is 11.2. The second-order valence-electron chi connectivity index (χ2n) is 4.45. The molecule has 1 atom stereocenters. The van der Waals surface area contributed by atoms with Crippen molar-refractivity contribution in [2.24, 2.45) is 5.73 Å². The summed E-state index contributed by atoms with van der Waals surface area (Å²) in [5.41, 5.74) is 8.79. The summed E-state index contributed by atoms with van der Waals surface area (Å²) >= 11 is 0. The standard InChI is InChI=1S/C12H22N4O2/c1-8-9(2)15-16(10(8)3)6-4-5-14-12(18)11(13)7-17/h11,17H,4-7,13H2,1-3H3,(H,14,18)/t11-/m0/s1. The summed E-state index contributed by atoms with van der Waals surface area (Å²) in [6, 6.07) is -0.832. The maximum atomic E-state index is 11.3. The van der Waals surface area contributed by atoms with Crippen LogP contribution < -0.4 is 11.1 Å². The number of carbonyl (C=O) groups excluding carboxylic acids is 1. The number of nitrogens with zero attached hydrogens (tertiary/aromatic N) is 2. The Morgan fingerprint density at radius 2 is 2.17 bits per heavy atom. The molecule has 0 aliphatic carbocycles. The van der Waals surface area contributed by atoms with Crippen LogP contribution in [-0.2, 0) is 11.3 Å². The van der Waals surface area contributed by atoms with E-state index >= 15 is 0 Å². The first-order valence-corrected chi connectivity index (χ1v) is 6.12. The van der Waals surface area contributed by atoms with Crippen LogP contribution >= 0.6 is 0 Å². The summed E-state index contributed by atoms with van der Waals surface area (Å²) in [4.78, 5) is 11.3. The number of nitrogens with one attached hydrogen (secondary N) is 1. The third kappa shape index (κ3) is 3.54. The second-order valence-corrected chi connectivity index (χ2v) is 4.45. The van der Waals surface area contributed by atoms with Gasteiger partial charge >= 0.3 is 0 Å². The van der Waals surface area contributed by atoms with Crippen LogP contribution in [0.25, 0.3) is 0 Å². The number of hydrogen-bond acceptors (Lipinski definition) is 4. The van der Waals surface area contributed by atoms with Gasteiger partial charge in [0, 0.05) is 18.8 Å². The lowest BCUT2D eigenvalue weighted by Crippen LogP contribution is -2.43. The van der Waals surface area contributed by atoms with Crippen molar-refractivity contribution in [3.63, 3.8) is 0 Å². The quantitative estimate of drug-likeness (QED) is 0.604. The molecular formula is C12H22N4O2. The topological polar surface area (TPSA) is 93.2 Å². The summed E-state index contributed by atoms with van der Waals surface area (Å²) in [7, 11) is 0. The number of aromatic nitrogens is 2. The number of aliphatic hydroxyl groups is 1. The molecule has 0 spiro atoms. The van der Waals surface area contributed by atoms with E-state index in [-0.39, 0.29) is 12.5 Å². The molecule has 1 heterocycles. The number of nitrogens with two attached hydrogens (primary N) is 1. The average molecular weight is 254 g/mol. The Bertz CT molecular complexity index is 414. The van der Waals surface area contributed by atoms with Gasteiger partial charge < -0.3 is 16.2 Å². The normalized spacial score (nSPS) is 12.5. The lowest BCUT2D eigenvalue weighted by molar-refractivity contribution is -0.123. The first kappa shape index (κ1) is 14.7. The van der Waals surface area contributed by atoms with Crippen molar-refractivity contribution in [3.05, 3.63) is 17.0 Å². The first-order chi connectivity index (χ1) is 8.47. The van der Waals surface area contributed by atoms with Crippen molar-refractivity contribution in [2.45, 2.75) is 39.8 Å². The largest absolute Gasteiger partial charge is 0.394 e. The van der Waals surface area contributed by atoms with E-state index < -0.39 is 6.04 Å². The van der Waals surface area contributed by atoms with Gasteiger partial charge in [-0.05, 0) is 32.8 Å². The van der Waals surface area contributed by atoms with Crippen LogP contribution in [0, 0.1) is 20.8 Å². The van der Waals surface area contributed by atoms with E-state index in [4.69, 9.17) is 10.8 Å². The molecule has 1 amide bonds. The molecule has 1 rings (SSSR count). The molecule has 4 N–H and O–H groups in total. The number of amides is 1. The maximum Gasteiger partial charge on any atom is 0.239 e. The van der Waals surface area contributed by atoms with Gasteiger partial charge in [0.1, 0.15) is 6.04 Å². The Balaban J connectivity index is 2.34. The molecule has 6 heteroatoms. The third-order valence-corrected chi connectivity index (χ3v) is 3.12. The molecule has 6 nitrogen and oxygen atoms in total. The van der Waals surface area contributed by atoms with Gasteiger partial charge in [-0.25, -0.2) is 0 Å². The van der Waals surface area contributed by atoms with Crippen molar-refractivity contribution in [2.75, 3.05) is 13.2 Å². The lowest BCUT2D eigenvalue weighted by Gasteiger charge is -2.10. The van der Waals surface area contributed by atoms with Crippen LogP contribution in [0.15, 0.2) is 0 Å². The fraction of sp³-hybridized carbons (Fsp3) is 0.667. The van der Waals surface area contributed by atoms with E-state index in [1.54, 1.807) is 0 Å². The Morgan fingerprint density at radius 3 is 2.67 bits per heavy atom. The average Bonchev–Trinajstić information content (AvgIpc) is 2.61. The highest BCUT2D eigenvalue weighted by Crippen LogP contribution is 2.10. The molecule has 0 aliphatic rings. The predicted molar refractivity (Wildman–Crippen MR) is 69.1 cm³/mol. The van der Waals surface area contributed by atoms with Crippen LogP contribution in [0.1, 0.15) is 23.4 Å². The molecular weight excluding hydrogens is 232 g/mol. The predicted octanol–water partition coefficient (Wildman–Crippen LogP) is -0.366. The van der Waals surface area contributed by atoms with E-state index in [9.17, 15) is 4.79 Å². The molecule has 0 aromatic carbocycles. The third-order valence-electron chi connectivity index (χ3n) is 3.12. The van der Waals surface area contributed by atoms with E-state index in [1.807, 2.05) is 18.5 Å². The molecule has 1 aromatic heterocycles. The van der Waals surface area contributed by atoms with E-state index in [2.05, 4.69) is 17.3 Å². The number of aliphatic hydroxyl groups excluding tert-OH is 1. The molecule has 0 saturated heterocycles. The summed E-state index contributed by atoms with van der Waals surface area (Å²) in [5.74, 6) is -0.318. The number of aryl methyl sites for hydroxylation is 2. The first-order valence-electron chi connectivity index (χ1n) is 6.12. The monoisotopic (exact) mass is 254 g/mol. The minimum Gasteiger partial charge on any atom is -0.394 e. The van der Waals surface area contributed by atoms with Gasteiger partial charge in [-0.2, -0.15) is 5.10 Å². The minimum atomic E-state index is -0.832. The highest BCUT2D eigenvalue weighted by Gasteiger charge is 2.11. The van der Waals surface area contributed by atoms with E-state index in [1.165, 1.54) is 5.56 Å². The number of rotatable bonds is 6. The van der Waals surface area contributed by atoms with Crippen LogP contribution in [0.5, 0.6) is 0 Å². The molecule has 102 valence electrons. The Morgan fingerprint density at radius 1 is 1.50 bits per heavy atom. The van der Waals surface area contributed by atoms with Crippen LogP contribution in [-0.4, -0.2) is 40.0 Å². The van der Waals surface area contributed by atoms with Crippen LogP contribution in [0.4, 0.5) is 0 Å². The highest BCUT2D eigenvalue weighted by molar-refractivity contribution is 5.81. The molecule has 18 heavy (non-hydrogen) atoms.